The second-order valence-electron chi connectivity index (χ2n) is 3.64. The van der Waals surface area contributed by atoms with Gasteiger partial charge in [0.1, 0.15) is 5.82 Å². The number of carbonyl (C=O) groups is 1. The normalized spacial score (nSPS) is 10.4. The maximum Gasteiger partial charge on any atom is 0.313 e. The number of nitrogens with one attached hydrogen (secondary N) is 1. The molecular formula is C11H10FN3O2S2. The maximum absolute atomic E-state index is 13.1. The zero-order chi connectivity index (χ0) is 13.8. The summed E-state index contributed by atoms with van der Waals surface area (Å²) in [4.78, 5) is 10.4. The molecule has 0 aliphatic heterocycles. The molecule has 100 valence electrons. The third-order valence-electron chi connectivity index (χ3n) is 2.13. The lowest BCUT2D eigenvalue weighted by Gasteiger charge is -2.03. The molecule has 19 heavy (non-hydrogen) atoms. The van der Waals surface area contributed by atoms with Crippen molar-refractivity contribution in [2.75, 3.05) is 11.1 Å². The molecule has 2 N–H and O–H groups in total. The van der Waals surface area contributed by atoms with E-state index in [1.54, 1.807) is 19.1 Å². The van der Waals surface area contributed by atoms with E-state index in [2.05, 4.69) is 15.5 Å². The van der Waals surface area contributed by atoms with Crippen LogP contribution in [-0.4, -0.2) is 27.0 Å². The number of aromatic nitrogens is 2. The van der Waals surface area contributed by atoms with E-state index < -0.39 is 5.97 Å². The van der Waals surface area contributed by atoms with Crippen molar-refractivity contribution in [2.45, 2.75) is 11.3 Å². The van der Waals surface area contributed by atoms with Crippen molar-refractivity contribution < 1.29 is 14.3 Å². The number of carboxylic acids is 1. The van der Waals surface area contributed by atoms with E-state index in [0.717, 1.165) is 11.8 Å². The van der Waals surface area contributed by atoms with E-state index in [1.807, 2.05) is 0 Å². The van der Waals surface area contributed by atoms with Crippen LogP contribution in [0.1, 0.15) is 5.56 Å². The number of benzene rings is 1. The first kappa shape index (κ1) is 13.8. The molecule has 0 unspecified atom stereocenters. The van der Waals surface area contributed by atoms with Gasteiger partial charge in [-0.3, -0.25) is 4.79 Å². The summed E-state index contributed by atoms with van der Waals surface area (Å²) >= 11 is 2.36. The van der Waals surface area contributed by atoms with E-state index in [4.69, 9.17) is 5.11 Å². The molecule has 0 amide bonds. The zero-order valence-corrected chi connectivity index (χ0v) is 11.5. The second kappa shape index (κ2) is 5.98. The minimum Gasteiger partial charge on any atom is -0.481 e. The van der Waals surface area contributed by atoms with Gasteiger partial charge < -0.3 is 10.4 Å². The molecule has 0 atom stereocenters. The Labute approximate surface area is 116 Å². The van der Waals surface area contributed by atoms with Gasteiger partial charge in [-0.1, -0.05) is 23.1 Å². The standard InChI is InChI=1S/C11H10FN3O2S2/c1-6-4-7(2-3-8(6)12)13-10-14-15-11(19-10)18-5-9(16)17/h2-4H,5H2,1H3,(H,13,14)(H,16,17). The van der Waals surface area contributed by atoms with Crippen molar-refractivity contribution in [3.05, 3.63) is 29.6 Å². The summed E-state index contributed by atoms with van der Waals surface area (Å²) in [5, 5.41) is 19.8. The van der Waals surface area contributed by atoms with E-state index >= 15 is 0 Å². The average molecular weight is 299 g/mol. The molecule has 0 radical (unpaired) electrons. The molecule has 1 aromatic heterocycles. The van der Waals surface area contributed by atoms with Crippen LogP contribution in [0, 0.1) is 12.7 Å². The molecule has 0 spiro atoms. The highest BCUT2D eigenvalue weighted by Gasteiger charge is 2.08. The van der Waals surface area contributed by atoms with Crippen LogP contribution >= 0.6 is 23.1 Å². The van der Waals surface area contributed by atoms with Crippen molar-refractivity contribution in [3.63, 3.8) is 0 Å². The smallest absolute Gasteiger partial charge is 0.313 e. The molecule has 0 aliphatic carbocycles. The molecular weight excluding hydrogens is 289 g/mol. The summed E-state index contributed by atoms with van der Waals surface area (Å²) in [6, 6.07) is 4.65. The first-order valence-corrected chi connectivity index (χ1v) is 7.06. The lowest BCUT2D eigenvalue weighted by Crippen LogP contribution is -1.96. The summed E-state index contributed by atoms with van der Waals surface area (Å²) < 4.78 is 13.7. The van der Waals surface area contributed by atoms with Crippen molar-refractivity contribution in [1.82, 2.24) is 10.2 Å². The van der Waals surface area contributed by atoms with Gasteiger partial charge in [-0.15, -0.1) is 10.2 Å². The van der Waals surface area contributed by atoms with Gasteiger partial charge in [-0.05, 0) is 30.7 Å². The molecule has 0 aliphatic rings. The van der Waals surface area contributed by atoms with Gasteiger partial charge in [-0.25, -0.2) is 4.39 Å². The number of hydrogen-bond acceptors (Lipinski definition) is 6. The van der Waals surface area contributed by atoms with Gasteiger partial charge in [0.2, 0.25) is 5.13 Å². The number of nitrogens with zero attached hydrogens (tertiary/aromatic N) is 2. The lowest BCUT2D eigenvalue weighted by molar-refractivity contribution is -0.133. The summed E-state index contributed by atoms with van der Waals surface area (Å²) in [7, 11) is 0. The first-order chi connectivity index (χ1) is 9.04. The number of rotatable bonds is 5. The van der Waals surface area contributed by atoms with Gasteiger partial charge in [0, 0.05) is 5.69 Å². The molecule has 0 saturated carbocycles. The minimum atomic E-state index is -0.899. The van der Waals surface area contributed by atoms with Crippen LogP contribution in [0.4, 0.5) is 15.2 Å². The third-order valence-corrected chi connectivity index (χ3v) is 4.09. The topological polar surface area (TPSA) is 75.1 Å². The number of halogens is 1. The molecule has 2 aromatic rings. The molecule has 1 heterocycles. The quantitative estimate of drug-likeness (QED) is 0.827. The highest BCUT2D eigenvalue weighted by Crippen LogP contribution is 2.27. The van der Waals surface area contributed by atoms with Crippen LogP contribution in [-0.2, 0) is 4.79 Å². The highest BCUT2D eigenvalue weighted by atomic mass is 32.2. The Bertz CT molecular complexity index is 603. The molecule has 0 fully saturated rings. The molecule has 5 nitrogen and oxygen atoms in total. The van der Waals surface area contributed by atoms with E-state index in [-0.39, 0.29) is 11.6 Å². The Balaban J connectivity index is 2.02. The predicted octanol–water partition coefficient (Wildman–Crippen LogP) is 2.91. The van der Waals surface area contributed by atoms with Gasteiger partial charge >= 0.3 is 5.97 Å². The van der Waals surface area contributed by atoms with E-state index in [1.165, 1.54) is 17.4 Å². The fraction of sp³-hybridized carbons (Fsp3) is 0.182. The average Bonchev–Trinajstić information content (AvgIpc) is 2.79. The number of anilines is 2. The Morgan fingerprint density at radius 2 is 2.32 bits per heavy atom. The molecule has 0 saturated heterocycles. The van der Waals surface area contributed by atoms with Gasteiger partial charge in [0.15, 0.2) is 4.34 Å². The zero-order valence-electron chi connectivity index (χ0n) is 9.88. The van der Waals surface area contributed by atoms with E-state index in [0.29, 0.717) is 20.7 Å². The third kappa shape index (κ3) is 3.90. The number of carboxylic acid groups (broad SMARTS) is 1. The Morgan fingerprint density at radius 3 is 3.00 bits per heavy atom. The van der Waals surface area contributed by atoms with Crippen LogP contribution < -0.4 is 5.32 Å². The number of aryl methyl sites for hydroxylation is 1. The Morgan fingerprint density at radius 1 is 1.53 bits per heavy atom. The van der Waals surface area contributed by atoms with Crippen LogP contribution in [0.2, 0.25) is 0 Å². The van der Waals surface area contributed by atoms with Crippen molar-refractivity contribution in [1.29, 1.82) is 0 Å². The lowest BCUT2D eigenvalue weighted by atomic mass is 10.2. The highest BCUT2D eigenvalue weighted by molar-refractivity contribution is 8.01. The van der Waals surface area contributed by atoms with Gasteiger partial charge in [-0.2, -0.15) is 0 Å². The van der Waals surface area contributed by atoms with Gasteiger partial charge in [0.05, 0.1) is 5.75 Å². The van der Waals surface area contributed by atoms with Crippen molar-refractivity contribution in [3.8, 4) is 0 Å². The maximum atomic E-state index is 13.1. The molecule has 1 aromatic carbocycles. The summed E-state index contributed by atoms with van der Waals surface area (Å²) in [6.07, 6.45) is 0. The summed E-state index contributed by atoms with van der Waals surface area (Å²) in [5.41, 5.74) is 1.25. The largest absolute Gasteiger partial charge is 0.481 e. The number of aliphatic carboxylic acids is 1. The number of hydrogen-bond donors (Lipinski definition) is 2. The first-order valence-electron chi connectivity index (χ1n) is 5.26. The summed E-state index contributed by atoms with van der Waals surface area (Å²) in [5.74, 6) is -1.21. The van der Waals surface area contributed by atoms with Crippen molar-refractivity contribution >= 4 is 39.9 Å². The molecule has 8 heteroatoms. The fourth-order valence-corrected chi connectivity index (χ4v) is 2.78. The van der Waals surface area contributed by atoms with Crippen molar-refractivity contribution in [2.24, 2.45) is 0 Å². The predicted molar refractivity (Wildman–Crippen MR) is 72.7 cm³/mol. The number of thioether (sulfide) groups is 1. The fourth-order valence-electron chi connectivity index (χ4n) is 1.29. The van der Waals surface area contributed by atoms with Crippen LogP contribution in [0.15, 0.2) is 22.5 Å². The molecule has 0 bridgehead atoms. The van der Waals surface area contributed by atoms with E-state index in [9.17, 15) is 9.18 Å². The van der Waals surface area contributed by atoms with Crippen LogP contribution in [0.3, 0.4) is 0 Å². The monoisotopic (exact) mass is 299 g/mol. The second-order valence-corrected chi connectivity index (χ2v) is 5.84. The van der Waals surface area contributed by atoms with Crippen LogP contribution in [0.25, 0.3) is 0 Å². The molecule has 2 rings (SSSR count). The Hall–Kier alpha value is -1.67. The SMILES string of the molecule is Cc1cc(Nc2nnc(SCC(=O)O)s2)ccc1F. The minimum absolute atomic E-state index is 0.0513. The van der Waals surface area contributed by atoms with Gasteiger partial charge in [0.25, 0.3) is 0 Å². The van der Waals surface area contributed by atoms with Crippen LogP contribution in [0.5, 0.6) is 0 Å². The summed E-state index contributed by atoms with van der Waals surface area (Å²) in [6.45, 7) is 1.68. The Kier molecular flexibility index (Phi) is 4.33.